The van der Waals surface area contributed by atoms with Crippen LogP contribution >= 0.6 is 23.4 Å². The van der Waals surface area contributed by atoms with E-state index in [1.807, 2.05) is 25.1 Å². The largest absolute Gasteiger partial charge is 0.353 e. The molecular formula is C20H25ClN2O3S2. The molecule has 0 aromatic heterocycles. The topological polar surface area (TPSA) is 66.5 Å². The number of nitrogens with one attached hydrogen (secondary N) is 1. The lowest BCUT2D eigenvalue weighted by Gasteiger charge is -2.28. The van der Waals surface area contributed by atoms with Gasteiger partial charge in [-0.05, 0) is 37.1 Å². The third-order valence-corrected chi connectivity index (χ3v) is 6.83. The Morgan fingerprint density at radius 3 is 2.50 bits per heavy atom. The van der Waals surface area contributed by atoms with Crippen molar-refractivity contribution in [2.75, 3.05) is 22.9 Å². The minimum atomic E-state index is -3.65. The second-order valence-electron chi connectivity index (χ2n) is 6.50. The van der Waals surface area contributed by atoms with Crippen molar-refractivity contribution in [3.8, 4) is 0 Å². The van der Waals surface area contributed by atoms with E-state index in [1.54, 1.807) is 36.9 Å². The Balaban J connectivity index is 1.95. The van der Waals surface area contributed by atoms with Crippen LogP contribution in [0.3, 0.4) is 0 Å². The van der Waals surface area contributed by atoms with E-state index in [0.29, 0.717) is 17.3 Å². The van der Waals surface area contributed by atoms with Gasteiger partial charge in [0.25, 0.3) is 0 Å². The van der Waals surface area contributed by atoms with Gasteiger partial charge >= 0.3 is 0 Å². The summed E-state index contributed by atoms with van der Waals surface area (Å²) in [5, 5.41) is 3.27. The molecule has 0 saturated carbocycles. The SMILES string of the molecule is Cc1ccc(N([C@H](C)C(=O)NCCSCc2ccccc2)S(C)(=O)=O)cc1Cl. The Hall–Kier alpha value is -1.70. The molecule has 0 aliphatic heterocycles. The maximum absolute atomic E-state index is 12.5. The molecule has 1 atom stereocenters. The van der Waals surface area contributed by atoms with Crippen molar-refractivity contribution < 1.29 is 13.2 Å². The van der Waals surface area contributed by atoms with Crippen LogP contribution in [0.1, 0.15) is 18.1 Å². The van der Waals surface area contributed by atoms with Crippen LogP contribution in [0.25, 0.3) is 0 Å². The number of sulfonamides is 1. The minimum absolute atomic E-state index is 0.345. The van der Waals surface area contributed by atoms with Crippen LogP contribution < -0.4 is 9.62 Å². The van der Waals surface area contributed by atoms with Crippen LogP contribution in [-0.4, -0.2) is 38.9 Å². The maximum Gasteiger partial charge on any atom is 0.243 e. The highest BCUT2D eigenvalue weighted by molar-refractivity contribution is 7.98. The Morgan fingerprint density at radius 2 is 1.89 bits per heavy atom. The number of anilines is 1. The average molecular weight is 441 g/mol. The lowest BCUT2D eigenvalue weighted by molar-refractivity contribution is -0.121. The van der Waals surface area contributed by atoms with Gasteiger partial charge in [0.2, 0.25) is 15.9 Å². The second-order valence-corrected chi connectivity index (χ2v) is 9.87. The van der Waals surface area contributed by atoms with E-state index in [1.165, 1.54) is 5.56 Å². The number of halogens is 1. The van der Waals surface area contributed by atoms with Crippen molar-refractivity contribution >= 4 is 45.0 Å². The number of thioether (sulfide) groups is 1. The Morgan fingerprint density at radius 1 is 1.21 bits per heavy atom. The second kappa shape index (κ2) is 10.2. The Kier molecular flexibility index (Phi) is 8.22. The van der Waals surface area contributed by atoms with Crippen LogP contribution in [0.15, 0.2) is 48.5 Å². The van der Waals surface area contributed by atoms with E-state index in [-0.39, 0.29) is 5.91 Å². The van der Waals surface area contributed by atoms with E-state index < -0.39 is 16.1 Å². The van der Waals surface area contributed by atoms with Crippen molar-refractivity contribution in [2.24, 2.45) is 0 Å². The van der Waals surface area contributed by atoms with Crippen LogP contribution in [-0.2, 0) is 20.6 Å². The molecule has 0 saturated heterocycles. The summed E-state index contributed by atoms with van der Waals surface area (Å²) in [6.45, 7) is 3.87. The number of carbonyl (C=O) groups is 1. The van der Waals surface area contributed by atoms with Gasteiger partial charge < -0.3 is 5.32 Å². The molecule has 0 unspecified atom stereocenters. The first kappa shape index (κ1) is 22.6. The van der Waals surface area contributed by atoms with Gasteiger partial charge in [-0.2, -0.15) is 11.8 Å². The zero-order chi connectivity index (χ0) is 20.7. The van der Waals surface area contributed by atoms with Gasteiger partial charge in [0.05, 0.1) is 11.9 Å². The summed E-state index contributed by atoms with van der Waals surface area (Å²) in [5.41, 5.74) is 2.44. The van der Waals surface area contributed by atoms with Crippen molar-refractivity contribution in [1.29, 1.82) is 0 Å². The summed E-state index contributed by atoms with van der Waals surface area (Å²) in [4.78, 5) is 12.5. The number of carbonyl (C=O) groups excluding carboxylic acids is 1. The molecule has 0 aliphatic rings. The van der Waals surface area contributed by atoms with Gasteiger partial charge in [0.1, 0.15) is 6.04 Å². The quantitative estimate of drug-likeness (QED) is 0.601. The highest BCUT2D eigenvalue weighted by atomic mass is 35.5. The molecule has 5 nitrogen and oxygen atoms in total. The zero-order valence-corrected chi connectivity index (χ0v) is 18.6. The highest BCUT2D eigenvalue weighted by Gasteiger charge is 2.29. The van der Waals surface area contributed by atoms with Gasteiger partial charge in [-0.1, -0.05) is 48.0 Å². The molecule has 0 aliphatic carbocycles. The number of amides is 1. The summed E-state index contributed by atoms with van der Waals surface area (Å²) in [6.07, 6.45) is 1.08. The maximum atomic E-state index is 12.5. The number of aryl methyl sites for hydroxylation is 1. The van der Waals surface area contributed by atoms with Crippen LogP contribution in [0, 0.1) is 6.92 Å². The molecular weight excluding hydrogens is 416 g/mol. The average Bonchev–Trinajstić information content (AvgIpc) is 2.64. The van der Waals surface area contributed by atoms with Crippen LogP contribution in [0.4, 0.5) is 5.69 Å². The van der Waals surface area contributed by atoms with Crippen LogP contribution in [0.5, 0.6) is 0 Å². The zero-order valence-electron chi connectivity index (χ0n) is 16.2. The molecule has 2 aromatic carbocycles. The van der Waals surface area contributed by atoms with E-state index in [0.717, 1.165) is 27.6 Å². The number of nitrogens with zero attached hydrogens (tertiary/aromatic N) is 1. The van der Waals surface area contributed by atoms with E-state index in [9.17, 15) is 13.2 Å². The fourth-order valence-electron chi connectivity index (χ4n) is 2.69. The molecule has 28 heavy (non-hydrogen) atoms. The number of rotatable bonds is 9. The van der Waals surface area contributed by atoms with Crippen molar-refractivity contribution in [3.63, 3.8) is 0 Å². The number of hydrogen-bond acceptors (Lipinski definition) is 4. The minimum Gasteiger partial charge on any atom is -0.353 e. The smallest absolute Gasteiger partial charge is 0.243 e. The van der Waals surface area contributed by atoms with Crippen molar-refractivity contribution in [2.45, 2.75) is 25.6 Å². The fourth-order valence-corrected chi connectivity index (χ4v) is 4.85. The van der Waals surface area contributed by atoms with Gasteiger partial charge in [0.15, 0.2) is 0 Å². The first-order chi connectivity index (χ1) is 13.2. The highest BCUT2D eigenvalue weighted by Crippen LogP contribution is 2.26. The number of benzene rings is 2. The van der Waals surface area contributed by atoms with Crippen molar-refractivity contribution in [3.05, 3.63) is 64.7 Å². The molecule has 152 valence electrons. The molecule has 1 N–H and O–H groups in total. The fraction of sp³-hybridized carbons (Fsp3) is 0.350. The van der Waals surface area contributed by atoms with Gasteiger partial charge in [-0.25, -0.2) is 8.42 Å². The van der Waals surface area contributed by atoms with E-state index >= 15 is 0 Å². The summed E-state index contributed by atoms with van der Waals surface area (Å²) in [6, 6.07) is 14.2. The molecule has 2 rings (SSSR count). The molecule has 8 heteroatoms. The predicted molar refractivity (Wildman–Crippen MR) is 119 cm³/mol. The normalized spacial score (nSPS) is 12.4. The Bertz CT molecular complexity index is 905. The summed E-state index contributed by atoms with van der Waals surface area (Å²) in [5.74, 6) is 1.26. The number of hydrogen-bond donors (Lipinski definition) is 1. The van der Waals surface area contributed by atoms with Crippen molar-refractivity contribution in [1.82, 2.24) is 5.32 Å². The molecule has 2 aromatic rings. The van der Waals surface area contributed by atoms with Gasteiger partial charge in [-0.3, -0.25) is 9.10 Å². The molecule has 0 fully saturated rings. The monoisotopic (exact) mass is 440 g/mol. The third kappa shape index (κ3) is 6.43. The van der Waals surface area contributed by atoms with Crippen LogP contribution in [0.2, 0.25) is 5.02 Å². The summed E-state index contributed by atoms with van der Waals surface area (Å²) >= 11 is 7.85. The lowest BCUT2D eigenvalue weighted by atomic mass is 10.2. The summed E-state index contributed by atoms with van der Waals surface area (Å²) < 4.78 is 25.7. The van der Waals surface area contributed by atoms with Gasteiger partial charge in [-0.15, -0.1) is 0 Å². The van der Waals surface area contributed by atoms with E-state index in [4.69, 9.17) is 11.6 Å². The lowest BCUT2D eigenvalue weighted by Crippen LogP contribution is -2.48. The predicted octanol–water partition coefficient (Wildman–Crippen LogP) is 3.85. The van der Waals surface area contributed by atoms with Gasteiger partial charge in [0, 0.05) is 23.1 Å². The molecule has 0 spiro atoms. The first-order valence-electron chi connectivity index (χ1n) is 8.85. The molecule has 0 heterocycles. The molecule has 0 bridgehead atoms. The molecule has 0 radical (unpaired) electrons. The first-order valence-corrected chi connectivity index (χ1v) is 12.2. The summed E-state index contributed by atoms with van der Waals surface area (Å²) in [7, 11) is -3.65. The standard InChI is InChI=1S/C20H25ClN2O3S2/c1-15-9-10-18(13-19(15)21)23(28(3,25)26)16(2)20(24)22-11-12-27-14-17-7-5-4-6-8-17/h4-10,13,16H,11-12,14H2,1-3H3,(H,22,24)/t16-/m1/s1. The Labute approximate surface area is 176 Å². The molecule has 1 amide bonds. The van der Waals surface area contributed by atoms with E-state index in [2.05, 4.69) is 17.4 Å². The third-order valence-electron chi connectivity index (χ3n) is 4.16.